The van der Waals surface area contributed by atoms with Crippen molar-refractivity contribution >= 4 is 21.4 Å². The minimum atomic E-state index is -3.42. The highest BCUT2D eigenvalue weighted by molar-refractivity contribution is 7.90. The molecule has 8 heteroatoms. The number of anilines is 1. The molecule has 1 aliphatic heterocycles. The van der Waals surface area contributed by atoms with Gasteiger partial charge in [0, 0.05) is 19.2 Å². The second-order valence-electron chi connectivity index (χ2n) is 4.92. The van der Waals surface area contributed by atoms with Crippen LogP contribution in [0.5, 0.6) is 0 Å². The van der Waals surface area contributed by atoms with E-state index in [4.69, 9.17) is 0 Å². The molecule has 7 nitrogen and oxygen atoms in total. The van der Waals surface area contributed by atoms with Crippen LogP contribution < -0.4 is 5.32 Å². The first-order valence-electron chi connectivity index (χ1n) is 6.49. The minimum Gasteiger partial charge on any atom is -0.318 e. The molecule has 0 saturated heterocycles. The van der Waals surface area contributed by atoms with E-state index in [2.05, 4.69) is 15.5 Å². The Kier molecular flexibility index (Phi) is 3.25. The van der Waals surface area contributed by atoms with Crippen LogP contribution in [0.3, 0.4) is 0 Å². The van der Waals surface area contributed by atoms with Gasteiger partial charge in [-0.15, -0.1) is 10.2 Å². The summed E-state index contributed by atoms with van der Waals surface area (Å²) in [6.07, 6.45) is 2.85. The Hall–Kier alpha value is -2.22. The van der Waals surface area contributed by atoms with Crippen molar-refractivity contribution in [2.75, 3.05) is 11.6 Å². The van der Waals surface area contributed by atoms with Crippen LogP contribution >= 0.6 is 0 Å². The maximum absolute atomic E-state index is 12.3. The van der Waals surface area contributed by atoms with E-state index in [0.717, 1.165) is 24.9 Å². The molecule has 0 aliphatic carbocycles. The average Bonchev–Trinajstić information content (AvgIpc) is 2.99. The van der Waals surface area contributed by atoms with Gasteiger partial charge in [0.1, 0.15) is 5.82 Å². The number of aromatic nitrogens is 3. The molecule has 0 fully saturated rings. The van der Waals surface area contributed by atoms with Crippen molar-refractivity contribution in [3.63, 3.8) is 0 Å². The van der Waals surface area contributed by atoms with Gasteiger partial charge in [-0.2, -0.15) is 0 Å². The number of nitrogens with one attached hydrogen (secondary N) is 1. The van der Waals surface area contributed by atoms with Gasteiger partial charge < -0.3 is 9.88 Å². The Bertz CT molecular complexity index is 811. The summed E-state index contributed by atoms with van der Waals surface area (Å²) in [5, 5.41) is 10.4. The van der Waals surface area contributed by atoms with Crippen LogP contribution in [0.2, 0.25) is 0 Å². The summed E-state index contributed by atoms with van der Waals surface area (Å²) in [6, 6.07) is 6.29. The number of para-hydroxylation sites is 1. The first kappa shape index (κ1) is 13.7. The van der Waals surface area contributed by atoms with Crippen LogP contribution in [0.15, 0.2) is 29.2 Å². The largest absolute Gasteiger partial charge is 0.318 e. The lowest BCUT2D eigenvalue weighted by atomic mass is 10.3. The van der Waals surface area contributed by atoms with E-state index < -0.39 is 15.7 Å². The highest BCUT2D eigenvalue weighted by Crippen LogP contribution is 2.22. The third kappa shape index (κ3) is 2.54. The summed E-state index contributed by atoms with van der Waals surface area (Å²) in [5.41, 5.74) is 0.250. The first-order chi connectivity index (χ1) is 9.97. The molecule has 1 N–H and O–H groups in total. The molecule has 0 bridgehead atoms. The summed E-state index contributed by atoms with van der Waals surface area (Å²) in [6.45, 7) is 0.707. The van der Waals surface area contributed by atoms with E-state index >= 15 is 0 Å². The van der Waals surface area contributed by atoms with Crippen molar-refractivity contribution in [3.05, 3.63) is 35.9 Å². The SMILES string of the molecule is CS(=O)(=O)c1ccccc1NC(=O)c1nnc2n1CCC2. The van der Waals surface area contributed by atoms with Gasteiger partial charge in [-0.05, 0) is 18.6 Å². The van der Waals surface area contributed by atoms with Crippen molar-refractivity contribution in [1.29, 1.82) is 0 Å². The maximum atomic E-state index is 12.3. The molecule has 0 radical (unpaired) electrons. The molecule has 110 valence electrons. The number of carbonyl (C=O) groups excluding carboxylic acids is 1. The summed E-state index contributed by atoms with van der Waals surface area (Å²) in [4.78, 5) is 12.4. The molecular weight excluding hydrogens is 292 g/mol. The zero-order valence-corrected chi connectivity index (χ0v) is 12.2. The molecule has 0 saturated carbocycles. The zero-order valence-electron chi connectivity index (χ0n) is 11.4. The van der Waals surface area contributed by atoms with Gasteiger partial charge in [-0.3, -0.25) is 4.79 Å². The average molecular weight is 306 g/mol. The Labute approximate surface area is 121 Å². The van der Waals surface area contributed by atoms with Crippen molar-refractivity contribution in [2.24, 2.45) is 0 Å². The number of hydrogen-bond donors (Lipinski definition) is 1. The van der Waals surface area contributed by atoms with E-state index in [1.807, 2.05) is 0 Å². The number of amides is 1. The standard InChI is InChI=1S/C13H14N4O3S/c1-21(19,20)10-6-3-2-5-9(10)14-13(18)12-16-15-11-7-4-8-17(11)12/h2-3,5-6H,4,7-8H2,1H3,(H,14,18). The van der Waals surface area contributed by atoms with E-state index in [0.29, 0.717) is 6.54 Å². The molecule has 3 rings (SSSR count). The van der Waals surface area contributed by atoms with Gasteiger partial charge in [0.15, 0.2) is 9.84 Å². The van der Waals surface area contributed by atoms with Crippen molar-refractivity contribution in [1.82, 2.24) is 14.8 Å². The van der Waals surface area contributed by atoms with Gasteiger partial charge in [-0.25, -0.2) is 8.42 Å². The highest BCUT2D eigenvalue weighted by atomic mass is 32.2. The van der Waals surface area contributed by atoms with Crippen molar-refractivity contribution in [2.45, 2.75) is 24.3 Å². The van der Waals surface area contributed by atoms with E-state index in [1.54, 1.807) is 22.8 Å². The molecule has 2 aromatic rings. The lowest BCUT2D eigenvalue weighted by molar-refractivity contribution is 0.101. The molecule has 2 heterocycles. The fourth-order valence-corrected chi connectivity index (χ4v) is 3.23. The van der Waals surface area contributed by atoms with E-state index in [1.165, 1.54) is 6.07 Å². The second-order valence-corrected chi connectivity index (χ2v) is 6.90. The molecule has 0 spiro atoms. The third-order valence-corrected chi connectivity index (χ3v) is 4.50. The fourth-order valence-electron chi connectivity index (χ4n) is 2.39. The summed E-state index contributed by atoms with van der Waals surface area (Å²) in [5.74, 6) is 0.550. The molecule has 1 aromatic heterocycles. The summed E-state index contributed by atoms with van der Waals surface area (Å²) >= 11 is 0. The number of rotatable bonds is 3. The number of hydrogen-bond acceptors (Lipinski definition) is 5. The number of aryl methyl sites for hydroxylation is 1. The molecule has 21 heavy (non-hydrogen) atoms. The molecule has 0 atom stereocenters. The minimum absolute atomic E-state index is 0.0829. The molecule has 1 aromatic carbocycles. The summed E-state index contributed by atoms with van der Waals surface area (Å²) < 4.78 is 25.2. The number of benzene rings is 1. The van der Waals surface area contributed by atoms with Gasteiger partial charge in [0.2, 0.25) is 5.82 Å². The Morgan fingerprint density at radius 3 is 2.81 bits per heavy atom. The van der Waals surface area contributed by atoms with Gasteiger partial charge >= 0.3 is 0 Å². The van der Waals surface area contributed by atoms with Gasteiger partial charge in [-0.1, -0.05) is 12.1 Å². The van der Waals surface area contributed by atoms with Crippen molar-refractivity contribution in [3.8, 4) is 0 Å². The highest BCUT2D eigenvalue weighted by Gasteiger charge is 2.23. The Morgan fingerprint density at radius 1 is 1.29 bits per heavy atom. The van der Waals surface area contributed by atoms with Crippen LogP contribution in [0.1, 0.15) is 22.9 Å². The number of nitrogens with zero attached hydrogens (tertiary/aromatic N) is 3. The van der Waals surface area contributed by atoms with E-state index in [-0.39, 0.29) is 16.4 Å². The number of carbonyl (C=O) groups is 1. The monoisotopic (exact) mass is 306 g/mol. The first-order valence-corrected chi connectivity index (χ1v) is 8.38. The maximum Gasteiger partial charge on any atom is 0.293 e. The Morgan fingerprint density at radius 2 is 2.05 bits per heavy atom. The zero-order chi connectivity index (χ0) is 15.0. The molecule has 0 unspecified atom stereocenters. The quantitative estimate of drug-likeness (QED) is 0.908. The molecule has 1 aliphatic rings. The summed E-state index contributed by atoms with van der Waals surface area (Å²) in [7, 11) is -3.42. The molecular formula is C13H14N4O3S. The van der Waals surface area contributed by atoms with Crippen LogP contribution in [0, 0.1) is 0 Å². The van der Waals surface area contributed by atoms with Crippen LogP contribution in [-0.2, 0) is 22.8 Å². The normalized spacial score (nSPS) is 14.0. The third-order valence-electron chi connectivity index (χ3n) is 3.35. The van der Waals surface area contributed by atoms with E-state index in [9.17, 15) is 13.2 Å². The number of fused-ring (bicyclic) bond motifs is 1. The van der Waals surface area contributed by atoms with Crippen LogP contribution in [0.4, 0.5) is 5.69 Å². The van der Waals surface area contributed by atoms with Crippen LogP contribution in [0.25, 0.3) is 0 Å². The lowest BCUT2D eigenvalue weighted by Gasteiger charge is -2.09. The second kappa shape index (κ2) is 4.96. The predicted octanol–water partition coefficient (Wildman–Crippen LogP) is 0.880. The number of sulfone groups is 1. The van der Waals surface area contributed by atoms with Crippen molar-refractivity contribution < 1.29 is 13.2 Å². The lowest BCUT2D eigenvalue weighted by Crippen LogP contribution is -2.19. The van der Waals surface area contributed by atoms with Gasteiger partial charge in [0.05, 0.1) is 10.6 Å². The topological polar surface area (TPSA) is 93.9 Å². The predicted molar refractivity (Wildman–Crippen MR) is 75.8 cm³/mol. The Balaban J connectivity index is 1.92. The van der Waals surface area contributed by atoms with Crippen LogP contribution in [-0.4, -0.2) is 35.3 Å². The smallest absolute Gasteiger partial charge is 0.293 e. The molecule has 1 amide bonds. The van der Waals surface area contributed by atoms with Gasteiger partial charge in [0.25, 0.3) is 5.91 Å². The fraction of sp³-hybridized carbons (Fsp3) is 0.308.